The first-order chi connectivity index (χ1) is 10.4. The van der Waals surface area contributed by atoms with Gasteiger partial charge in [0, 0.05) is 10.9 Å². The average molecular weight is 293 g/mol. The van der Waals surface area contributed by atoms with Crippen LogP contribution in [0.1, 0.15) is 5.56 Å². The lowest BCUT2D eigenvalue weighted by Gasteiger charge is -1.95. The first-order valence-electron chi connectivity index (χ1n) is 6.84. The molecule has 3 aromatic rings. The van der Waals surface area contributed by atoms with Gasteiger partial charge in [-0.1, -0.05) is 60.7 Å². The fraction of sp³-hybridized carbons (Fsp3) is 0.118. The molecular weight excluding hydrogens is 278 g/mol. The number of thiazole rings is 1. The van der Waals surface area contributed by atoms with Gasteiger partial charge < -0.3 is 0 Å². The Labute approximate surface area is 128 Å². The molecule has 4 heteroatoms. The van der Waals surface area contributed by atoms with Crippen LogP contribution < -0.4 is 0 Å². The Morgan fingerprint density at radius 3 is 2.38 bits per heavy atom. The molecule has 0 bridgehead atoms. The smallest absolute Gasteiger partial charge is 0.217 e. The van der Waals surface area contributed by atoms with Crippen molar-refractivity contribution in [2.45, 2.75) is 6.42 Å². The fourth-order valence-electron chi connectivity index (χ4n) is 1.99. The quantitative estimate of drug-likeness (QED) is 0.600. The van der Waals surface area contributed by atoms with Gasteiger partial charge in [0.15, 0.2) is 0 Å². The maximum atomic E-state index is 4.48. The summed E-state index contributed by atoms with van der Waals surface area (Å²) >= 11 is 1.52. The first kappa shape index (κ1) is 13.6. The van der Waals surface area contributed by atoms with E-state index in [2.05, 4.69) is 27.3 Å². The molecule has 0 saturated carbocycles. The second-order valence-electron chi connectivity index (χ2n) is 4.58. The van der Waals surface area contributed by atoms with Crippen molar-refractivity contribution in [3.05, 3.63) is 71.6 Å². The molecule has 2 aromatic carbocycles. The summed E-state index contributed by atoms with van der Waals surface area (Å²) in [5.74, 6) is 0. The highest BCUT2D eigenvalue weighted by Gasteiger charge is 2.02. The number of azo groups is 1. The van der Waals surface area contributed by atoms with Crippen molar-refractivity contribution in [1.29, 1.82) is 0 Å². The lowest BCUT2D eigenvalue weighted by Crippen LogP contribution is -1.87. The van der Waals surface area contributed by atoms with E-state index < -0.39 is 0 Å². The topological polar surface area (TPSA) is 37.6 Å². The standard InChI is InChI=1S/C17H15N3S/c1-3-7-14(8-4-1)11-12-18-20-17-19-16(13-21-17)15-9-5-2-6-10-15/h1-10,13H,11-12H2. The molecule has 21 heavy (non-hydrogen) atoms. The van der Waals surface area contributed by atoms with E-state index in [-0.39, 0.29) is 0 Å². The van der Waals surface area contributed by atoms with Gasteiger partial charge in [-0.2, -0.15) is 5.11 Å². The zero-order valence-electron chi connectivity index (χ0n) is 11.5. The largest absolute Gasteiger partial charge is 0.230 e. The molecule has 0 saturated heterocycles. The summed E-state index contributed by atoms with van der Waals surface area (Å²) in [5.41, 5.74) is 3.35. The second kappa shape index (κ2) is 6.90. The number of rotatable bonds is 5. The van der Waals surface area contributed by atoms with Crippen molar-refractivity contribution in [3.8, 4) is 11.3 Å². The number of hydrogen-bond donors (Lipinski definition) is 0. The highest BCUT2D eigenvalue weighted by atomic mass is 32.1. The molecule has 0 radical (unpaired) electrons. The molecule has 0 spiro atoms. The van der Waals surface area contributed by atoms with Gasteiger partial charge in [0.25, 0.3) is 0 Å². The van der Waals surface area contributed by atoms with Crippen LogP contribution >= 0.6 is 11.3 Å². The summed E-state index contributed by atoms with van der Waals surface area (Å²) in [7, 11) is 0. The van der Waals surface area contributed by atoms with E-state index in [1.807, 2.05) is 53.9 Å². The highest BCUT2D eigenvalue weighted by molar-refractivity contribution is 7.13. The predicted octanol–water partition coefficient (Wildman–Crippen LogP) is 5.14. The molecule has 104 valence electrons. The Morgan fingerprint density at radius 1 is 0.905 bits per heavy atom. The minimum absolute atomic E-state index is 0.685. The van der Waals surface area contributed by atoms with Crippen LogP contribution in [0.2, 0.25) is 0 Å². The van der Waals surface area contributed by atoms with Crippen LogP contribution in [0.15, 0.2) is 76.3 Å². The van der Waals surface area contributed by atoms with E-state index in [9.17, 15) is 0 Å². The minimum Gasteiger partial charge on any atom is -0.217 e. The number of hydrogen-bond acceptors (Lipinski definition) is 4. The molecule has 0 unspecified atom stereocenters. The van der Waals surface area contributed by atoms with Gasteiger partial charge in [-0.15, -0.1) is 16.5 Å². The molecule has 1 aromatic heterocycles. The monoisotopic (exact) mass is 293 g/mol. The minimum atomic E-state index is 0.685. The lowest BCUT2D eigenvalue weighted by atomic mass is 10.2. The Balaban J connectivity index is 1.58. The van der Waals surface area contributed by atoms with E-state index in [0.29, 0.717) is 11.7 Å². The maximum absolute atomic E-state index is 4.48. The molecule has 0 amide bonds. The van der Waals surface area contributed by atoms with Crippen LogP contribution in [-0.4, -0.2) is 11.5 Å². The Hall–Kier alpha value is -2.33. The summed E-state index contributed by atoms with van der Waals surface area (Å²) in [6, 6.07) is 20.4. The molecule has 3 nitrogen and oxygen atoms in total. The summed E-state index contributed by atoms with van der Waals surface area (Å²) in [4.78, 5) is 4.48. The van der Waals surface area contributed by atoms with Gasteiger partial charge in [-0.25, -0.2) is 4.98 Å². The summed E-state index contributed by atoms with van der Waals surface area (Å²) in [5, 5.41) is 11.1. The highest BCUT2D eigenvalue weighted by Crippen LogP contribution is 2.26. The van der Waals surface area contributed by atoms with Crippen LogP contribution in [0.5, 0.6) is 0 Å². The van der Waals surface area contributed by atoms with Crippen molar-refractivity contribution < 1.29 is 0 Å². The van der Waals surface area contributed by atoms with Crippen LogP contribution in [0.4, 0.5) is 5.13 Å². The van der Waals surface area contributed by atoms with Crippen molar-refractivity contribution >= 4 is 16.5 Å². The Kier molecular flexibility index (Phi) is 4.49. The summed E-state index contributed by atoms with van der Waals surface area (Å²) < 4.78 is 0. The lowest BCUT2D eigenvalue weighted by molar-refractivity contribution is 0.901. The van der Waals surface area contributed by atoms with Gasteiger partial charge >= 0.3 is 0 Å². The molecular formula is C17H15N3S. The SMILES string of the molecule is c1ccc(CCN=Nc2nc(-c3ccccc3)cs2)cc1. The van der Waals surface area contributed by atoms with E-state index >= 15 is 0 Å². The van der Waals surface area contributed by atoms with Crippen molar-refractivity contribution in [1.82, 2.24) is 4.98 Å². The fourth-order valence-corrected chi connectivity index (χ4v) is 2.65. The van der Waals surface area contributed by atoms with Gasteiger partial charge in [0.2, 0.25) is 5.13 Å². The van der Waals surface area contributed by atoms with Crippen molar-refractivity contribution in [3.63, 3.8) is 0 Å². The van der Waals surface area contributed by atoms with Crippen molar-refractivity contribution in [2.75, 3.05) is 6.54 Å². The molecule has 0 aliphatic carbocycles. The van der Waals surface area contributed by atoms with E-state index in [1.165, 1.54) is 16.9 Å². The number of nitrogens with zero attached hydrogens (tertiary/aromatic N) is 3. The molecule has 0 fully saturated rings. The summed E-state index contributed by atoms with van der Waals surface area (Å²) in [6.07, 6.45) is 0.904. The van der Waals surface area contributed by atoms with Crippen LogP contribution in [0.3, 0.4) is 0 Å². The van der Waals surface area contributed by atoms with Gasteiger partial charge in [0.05, 0.1) is 12.2 Å². The molecule has 0 N–H and O–H groups in total. The maximum Gasteiger partial charge on any atom is 0.230 e. The number of benzene rings is 2. The average Bonchev–Trinajstić information content (AvgIpc) is 3.02. The molecule has 1 heterocycles. The first-order valence-corrected chi connectivity index (χ1v) is 7.72. The van der Waals surface area contributed by atoms with Crippen LogP contribution in [-0.2, 0) is 6.42 Å². The van der Waals surface area contributed by atoms with E-state index in [4.69, 9.17) is 0 Å². The molecule has 3 rings (SSSR count). The van der Waals surface area contributed by atoms with Gasteiger partial charge in [-0.3, -0.25) is 0 Å². The zero-order chi connectivity index (χ0) is 14.3. The molecule has 0 atom stereocenters. The third kappa shape index (κ3) is 3.83. The zero-order valence-corrected chi connectivity index (χ0v) is 12.3. The number of aromatic nitrogens is 1. The molecule has 0 aliphatic heterocycles. The third-order valence-electron chi connectivity index (χ3n) is 3.06. The van der Waals surface area contributed by atoms with Crippen molar-refractivity contribution in [2.24, 2.45) is 10.2 Å². The van der Waals surface area contributed by atoms with Crippen LogP contribution in [0.25, 0.3) is 11.3 Å². The van der Waals surface area contributed by atoms with E-state index in [0.717, 1.165) is 17.7 Å². The predicted molar refractivity (Wildman–Crippen MR) is 87.1 cm³/mol. The molecule has 0 aliphatic rings. The van der Waals surface area contributed by atoms with E-state index in [1.54, 1.807) is 0 Å². The Morgan fingerprint density at radius 2 is 1.62 bits per heavy atom. The summed E-state index contributed by atoms with van der Waals surface area (Å²) in [6.45, 7) is 0.685. The van der Waals surface area contributed by atoms with Crippen LogP contribution in [0, 0.1) is 0 Å². The van der Waals surface area contributed by atoms with Gasteiger partial charge in [-0.05, 0) is 12.0 Å². The third-order valence-corrected chi connectivity index (χ3v) is 3.79. The normalized spacial score (nSPS) is 11.0. The second-order valence-corrected chi connectivity index (χ2v) is 5.42. The Bertz CT molecular complexity index is 705. The van der Waals surface area contributed by atoms with Gasteiger partial charge in [0.1, 0.15) is 0 Å².